The Balaban J connectivity index is 1.50. The third kappa shape index (κ3) is 3.71. The fourth-order valence-electron chi connectivity index (χ4n) is 2.67. The Morgan fingerprint density at radius 1 is 1.19 bits per heavy atom. The van der Waals surface area contributed by atoms with Gasteiger partial charge >= 0.3 is 0 Å². The second kappa shape index (κ2) is 7.26. The molecule has 0 aliphatic carbocycles. The van der Waals surface area contributed by atoms with Gasteiger partial charge in [-0.05, 0) is 29.8 Å². The van der Waals surface area contributed by atoms with Crippen molar-refractivity contribution in [3.63, 3.8) is 0 Å². The molecule has 136 valence electrons. The SMILES string of the molecule is O=c1c2cccnc2ncn1Cc1nc(CC(O)c2ccc(Cl)cc2)no1. The molecule has 8 nitrogen and oxygen atoms in total. The van der Waals surface area contributed by atoms with E-state index in [2.05, 4.69) is 20.1 Å². The number of rotatable bonds is 5. The molecular formula is C18H14ClN5O3. The summed E-state index contributed by atoms with van der Waals surface area (Å²) in [4.78, 5) is 24.9. The number of hydrogen-bond acceptors (Lipinski definition) is 7. The first-order valence-corrected chi connectivity index (χ1v) is 8.53. The van der Waals surface area contributed by atoms with Crippen LogP contribution in [-0.2, 0) is 13.0 Å². The van der Waals surface area contributed by atoms with Crippen molar-refractivity contribution in [1.29, 1.82) is 0 Å². The van der Waals surface area contributed by atoms with Crippen molar-refractivity contribution in [3.05, 3.63) is 81.6 Å². The molecule has 1 N–H and O–H groups in total. The molecule has 0 amide bonds. The minimum atomic E-state index is -0.788. The van der Waals surface area contributed by atoms with Crippen LogP contribution >= 0.6 is 11.6 Å². The number of benzene rings is 1. The first-order valence-electron chi connectivity index (χ1n) is 8.15. The van der Waals surface area contributed by atoms with Crippen LogP contribution in [0.3, 0.4) is 0 Å². The molecule has 1 aromatic carbocycles. The van der Waals surface area contributed by atoms with Gasteiger partial charge in [-0.2, -0.15) is 4.98 Å². The molecule has 4 aromatic rings. The zero-order chi connectivity index (χ0) is 18.8. The quantitative estimate of drug-likeness (QED) is 0.562. The van der Waals surface area contributed by atoms with Crippen molar-refractivity contribution in [3.8, 4) is 0 Å². The number of aliphatic hydroxyl groups is 1. The molecule has 0 saturated heterocycles. The predicted molar refractivity (Wildman–Crippen MR) is 97.3 cm³/mol. The number of nitrogens with zero attached hydrogens (tertiary/aromatic N) is 5. The maximum atomic E-state index is 12.5. The molecule has 1 unspecified atom stereocenters. The standard InChI is InChI=1S/C18H14ClN5O3/c19-12-5-3-11(4-6-12)14(25)8-15-22-16(27-23-15)9-24-10-21-17-13(18(24)26)2-1-7-20-17/h1-7,10,14,25H,8-9H2. The van der Waals surface area contributed by atoms with Gasteiger partial charge in [0.05, 0.1) is 11.5 Å². The highest BCUT2D eigenvalue weighted by atomic mass is 35.5. The summed E-state index contributed by atoms with van der Waals surface area (Å²) >= 11 is 5.85. The molecule has 3 heterocycles. The van der Waals surface area contributed by atoms with E-state index in [1.807, 2.05) is 0 Å². The summed E-state index contributed by atoms with van der Waals surface area (Å²) in [6.45, 7) is 0.0840. The highest BCUT2D eigenvalue weighted by Crippen LogP contribution is 2.19. The van der Waals surface area contributed by atoms with Gasteiger partial charge in [-0.1, -0.05) is 28.9 Å². The molecule has 27 heavy (non-hydrogen) atoms. The summed E-state index contributed by atoms with van der Waals surface area (Å²) in [5.41, 5.74) is 0.846. The highest BCUT2D eigenvalue weighted by Gasteiger charge is 2.15. The van der Waals surface area contributed by atoms with Crippen LogP contribution in [0.4, 0.5) is 0 Å². The van der Waals surface area contributed by atoms with Crippen LogP contribution in [-0.4, -0.2) is 29.8 Å². The number of halogens is 1. The Labute approximate surface area is 158 Å². The Morgan fingerprint density at radius 2 is 2.00 bits per heavy atom. The van der Waals surface area contributed by atoms with Crippen molar-refractivity contribution in [1.82, 2.24) is 24.7 Å². The van der Waals surface area contributed by atoms with Crippen molar-refractivity contribution in [2.75, 3.05) is 0 Å². The molecule has 4 rings (SSSR count). The van der Waals surface area contributed by atoms with Crippen molar-refractivity contribution in [2.24, 2.45) is 0 Å². The molecule has 0 aliphatic rings. The van der Waals surface area contributed by atoms with Gasteiger partial charge in [0.15, 0.2) is 11.5 Å². The molecule has 3 aromatic heterocycles. The molecule has 1 atom stereocenters. The van der Waals surface area contributed by atoms with E-state index in [4.69, 9.17) is 16.1 Å². The molecule has 0 bridgehead atoms. The summed E-state index contributed by atoms with van der Waals surface area (Å²) in [6.07, 6.45) is 2.36. The lowest BCUT2D eigenvalue weighted by atomic mass is 10.1. The average molecular weight is 384 g/mol. The van der Waals surface area contributed by atoms with Crippen LogP contribution in [0.5, 0.6) is 0 Å². The largest absolute Gasteiger partial charge is 0.388 e. The first-order chi connectivity index (χ1) is 13.1. The average Bonchev–Trinajstić information content (AvgIpc) is 3.11. The van der Waals surface area contributed by atoms with Gasteiger partial charge in [0.25, 0.3) is 5.56 Å². The minimum Gasteiger partial charge on any atom is -0.388 e. The monoisotopic (exact) mass is 383 g/mol. The Kier molecular flexibility index (Phi) is 4.66. The molecule has 0 fully saturated rings. The minimum absolute atomic E-state index is 0.0840. The highest BCUT2D eigenvalue weighted by molar-refractivity contribution is 6.30. The number of hydrogen-bond donors (Lipinski definition) is 1. The van der Waals surface area contributed by atoms with E-state index in [1.165, 1.54) is 10.9 Å². The maximum Gasteiger partial charge on any atom is 0.263 e. The number of pyridine rings is 1. The van der Waals surface area contributed by atoms with Crippen LogP contribution in [0.1, 0.15) is 23.4 Å². The van der Waals surface area contributed by atoms with E-state index in [1.54, 1.807) is 42.6 Å². The van der Waals surface area contributed by atoms with E-state index in [-0.39, 0.29) is 24.4 Å². The van der Waals surface area contributed by atoms with E-state index in [0.717, 1.165) is 0 Å². The fourth-order valence-corrected chi connectivity index (χ4v) is 2.80. The molecule has 9 heteroatoms. The van der Waals surface area contributed by atoms with Gasteiger partial charge in [0.1, 0.15) is 12.9 Å². The Hall–Kier alpha value is -3.10. The lowest BCUT2D eigenvalue weighted by Crippen LogP contribution is -2.21. The lowest BCUT2D eigenvalue weighted by molar-refractivity contribution is 0.174. The van der Waals surface area contributed by atoms with E-state index in [0.29, 0.717) is 27.4 Å². The van der Waals surface area contributed by atoms with Gasteiger partial charge in [0.2, 0.25) is 5.89 Å². The van der Waals surface area contributed by atoms with E-state index < -0.39 is 6.10 Å². The summed E-state index contributed by atoms with van der Waals surface area (Å²) in [7, 11) is 0. The van der Waals surface area contributed by atoms with Crippen molar-refractivity contribution in [2.45, 2.75) is 19.1 Å². The van der Waals surface area contributed by atoms with Crippen LogP contribution in [0.2, 0.25) is 5.02 Å². The third-order valence-electron chi connectivity index (χ3n) is 4.04. The number of aromatic nitrogens is 5. The normalized spacial score (nSPS) is 12.4. The van der Waals surface area contributed by atoms with Gasteiger partial charge < -0.3 is 9.63 Å². The third-order valence-corrected chi connectivity index (χ3v) is 4.30. The Morgan fingerprint density at radius 3 is 2.81 bits per heavy atom. The summed E-state index contributed by atoms with van der Waals surface area (Å²) < 4.78 is 6.57. The lowest BCUT2D eigenvalue weighted by Gasteiger charge is -2.08. The van der Waals surface area contributed by atoms with Crippen LogP contribution in [0.15, 0.2) is 58.2 Å². The smallest absolute Gasteiger partial charge is 0.263 e. The summed E-state index contributed by atoms with van der Waals surface area (Å²) in [6, 6.07) is 10.2. The molecule has 0 radical (unpaired) electrons. The topological polar surface area (TPSA) is 107 Å². The molecule has 0 saturated carbocycles. The zero-order valence-corrected chi connectivity index (χ0v) is 14.7. The molecule has 0 spiro atoms. The fraction of sp³-hybridized carbons (Fsp3) is 0.167. The molecular weight excluding hydrogens is 370 g/mol. The van der Waals surface area contributed by atoms with Gasteiger partial charge in [0, 0.05) is 17.6 Å². The van der Waals surface area contributed by atoms with Crippen LogP contribution < -0.4 is 5.56 Å². The van der Waals surface area contributed by atoms with E-state index in [9.17, 15) is 9.90 Å². The molecule has 0 aliphatic heterocycles. The second-order valence-electron chi connectivity index (χ2n) is 5.93. The zero-order valence-electron chi connectivity index (χ0n) is 14.0. The summed E-state index contributed by atoms with van der Waals surface area (Å²) in [5, 5.41) is 15.2. The summed E-state index contributed by atoms with van der Waals surface area (Å²) in [5.74, 6) is 0.594. The van der Waals surface area contributed by atoms with Crippen molar-refractivity contribution < 1.29 is 9.63 Å². The number of aliphatic hydroxyl groups excluding tert-OH is 1. The first kappa shape index (κ1) is 17.3. The van der Waals surface area contributed by atoms with Crippen LogP contribution in [0, 0.1) is 0 Å². The number of fused-ring (bicyclic) bond motifs is 1. The van der Waals surface area contributed by atoms with Gasteiger partial charge in [-0.25, -0.2) is 9.97 Å². The van der Waals surface area contributed by atoms with Gasteiger partial charge in [-0.15, -0.1) is 0 Å². The van der Waals surface area contributed by atoms with Crippen molar-refractivity contribution >= 4 is 22.6 Å². The maximum absolute atomic E-state index is 12.5. The predicted octanol–water partition coefficient (Wildman–Crippen LogP) is 2.15. The second-order valence-corrected chi connectivity index (χ2v) is 6.36. The Bertz CT molecular complexity index is 1140. The van der Waals surface area contributed by atoms with Crippen LogP contribution in [0.25, 0.3) is 11.0 Å². The van der Waals surface area contributed by atoms with Gasteiger partial charge in [-0.3, -0.25) is 9.36 Å². The van der Waals surface area contributed by atoms with E-state index >= 15 is 0 Å².